The van der Waals surface area contributed by atoms with Crippen molar-refractivity contribution in [3.05, 3.63) is 0 Å². The number of hydrogen-bond acceptors (Lipinski definition) is 2. The average Bonchev–Trinajstić information content (AvgIpc) is 2.28. The molecule has 1 unspecified atom stereocenters. The van der Waals surface area contributed by atoms with E-state index in [1.807, 2.05) is 6.92 Å². The van der Waals surface area contributed by atoms with Crippen molar-refractivity contribution < 1.29 is 0 Å². The SMILES string of the molecule is CC#CCN1CCCC2(CCCNC2)C1. The third kappa shape index (κ3) is 2.74. The summed E-state index contributed by atoms with van der Waals surface area (Å²) < 4.78 is 0. The largest absolute Gasteiger partial charge is 0.316 e. The summed E-state index contributed by atoms with van der Waals surface area (Å²) in [6.07, 6.45) is 5.53. The molecule has 2 heterocycles. The third-order valence-corrected chi connectivity index (χ3v) is 3.78. The molecule has 84 valence electrons. The Kier molecular flexibility index (Phi) is 3.66. The van der Waals surface area contributed by atoms with Gasteiger partial charge in [0.2, 0.25) is 0 Å². The third-order valence-electron chi connectivity index (χ3n) is 3.78. The van der Waals surface area contributed by atoms with Crippen LogP contribution in [0.15, 0.2) is 0 Å². The van der Waals surface area contributed by atoms with Gasteiger partial charge in [-0.3, -0.25) is 4.90 Å². The molecule has 0 radical (unpaired) electrons. The summed E-state index contributed by atoms with van der Waals surface area (Å²) in [5, 5.41) is 3.56. The lowest BCUT2D eigenvalue weighted by Gasteiger charge is -2.45. The van der Waals surface area contributed by atoms with Gasteiger partial charge in [-0.2, -0.15) is 0 Å². The second-order valence-corrected chi connectivity index (χ2v) is 5.02. The summed E-state index contributed by atoms with van der Waals surface area (Å²) in [6.45, 7) is 7.85. The maximum absolute atomic E-state index is 3.56. The average molecular weight is 206 g/mol. The Morgan fingerprint density at radius 3 is 2.93 bits per heavy atom. The van der Waals surface area contributed by atoms with E-state index >= 15 is 0 Å². The second-order valence-electron chi connectivity index (χ2n) is 5.02. The maximum atomic E-state index is 3.56. The Morgan fingerprint density at radius 1 is 1.33 bits per heavy atom. The molecule has 0 aliphatic carbocycles. The summed E-state index contributed by atoms with van der Waals surface area (Å²) in [4.78, 5) is 2.53. The van der Waals surface area contributed by atoms with Gasteiger partial charge in [0.15, 0.2) is 0 Å². The van der Waals surface area contributed by atoms with Crippen molar-refractivity contribution in [1.29, 1.82) is 0 Å². The molecule has 2 aliphatic rings. The van der Waals surface area contributed by atoms with Crippen LogP contribution in [0.2, 0.25) is 0 Å². The van der Waals surface area contributed by atoms with Crippen LogP contribution in [0.1, 0.15) is 32.6 Å². The quantitative estimate of drug-likeness (QED) is 0.654. The van der Waals surface area contributed by atoms with Crippen molar-refractivity contribution in [2.75, 3.05) is 32.7 Å². The monoisotopic (exact) mass is 206 g/mol. The number of rotatable bonds is 1. The van der Waals surface area contributed by atoms with E-state index in [0.717, 1.165) is 6.54 Å². The zero-order chi connectivity index (χ0) is 10.6. The van der Waals surface area contributed by atoms with Crippen molar-refractivity contribution in [3.8, 4) is 11.8 Å². The lowest BCUT2D eigenvalue weighted by molar-refractivity contribution is 0.0732. The van der Waals surface area contributed by atoms with Crippen LogP contribution in [0.4, 0.5) is 0 Å². The van der Waals surface area contributed by atoms with Gasteiger partial charge in [-0.1, -0.05) is 5.92 Å². The number of nitrogens with zero attached hydrogens (tertiary/aromatic N) is 1. The van der Waals surface area contributed by atoms with Crippen LogP contribution in [0.25, 0.3) is 0 Å². The molecule has 15 heavy (non-hydrogen) atoms. The molecule has 2 nitrogen and oxygen atoms in total. The van der Waals surface area contributed by atoms with Crippen LogP contribution in [0.5, 0.6) is 0 Å². The van der Waals surface area contributed by atoms with Gasteiger partial charge >= 0.3 is 0 Å². The Morgan fingerprint density at radius 2 is 2.20 bits per heavy atom. The van der Waals surface area contributed by atoms with E-state index in [4.69, 9.17) is 0 Å². The first-order valence-corrected chi connectivity index (χ1v) is 6.17. The first-order chi connectivity index (χ1) is 7.35. The lowest BCUT2D eigenvalue weighted by Crippen LogP contribution is -2.51. The molecule has 0 aromatic rings. The van der Waals surface area contributed by atoms with E-state index in [2.05, 4.69) is 22.1 Å². The van der Waals surface area contributed by atoms with Crippen LogP contribution in [0, 0.1) is 17.3 Å². The molecular weight excluding hydrogens is 184 g/mol. The molecule has 2 aliphatic heterocycles. The van der Waals surface area contributed by atoms with Gasteiger partial charge in [-0.25, -0.2) is 0 Å². The highest BCUT2D eigenvalue weighted by Gasteiger charge is 2.35. The Balaban J connectivity index is 1.92. The standard InChI is InChI=1S/C13H22N2/c1-2-3-9-15-10-5-7-13(12-15)6-4-8-14-11-13/h14H,4-12H2,1H3. The van der Waals surface area contributed by atoms with Crippen molar-refractivity contribution in [1.82, 2.24) is 10.2 Å². The molecular formula is C13H22N2. The maximum Gasteiger partial charge on any atom is 0.0601 e. The topological polar surface area (TPSA) is 15.3 Å². The smallest absolute Gasteiger partial charge is 0.0601 e. The van der Waals surface area contributed by atoms with E-state index < -0.39 is 0 Å². The molecule has 0 amide bonds. The molecule has 2 saturated heterocycles. The van der Waals surface area contributed by atoms with Gasteiger partial charge in [0, 0.05) is 13.1 Å². The highest BCUT2D eigenvalue weighted by atomic mass is 15.1. The summed E-state index contributed by atoms with van der Waals surface area (Å²) in [5.74, 6) is 6.19. The van der Waals surface area contributed by atoms with Crippen LogP contribution in [0.3, 0.4) is 0 Å². The summed E-state index contributed by atoms with van der Waals surface area (Å²) in [6, 6.07) is 0. The van der Waals surface area contributed by atoms with Crippen molar-refractivity contribution in [3.63, 3.8) is 0 Å². The van der Waals surface area contributed by atoms with Crippen molar-refractivity contribution in [2.24, 2.45) is 5.41 Å². The van der Waals surface area contributed by atoms with E-state index in [-0.39, 0.29) is 0 Å². The predicted octanol–water partition coefficient (Wildman–Crippen LogP) is 1.48. The first kappa shape index (κ1) is 11.0. The van der Waals surface area contributed by atoms with Gasteiger partial charge in [0.25, 0.3) is 0 Å². The van der Waals surface area contributed by atoms with Gasteiger partial charge in [0.05, 0.1) is 6.54 Å². The van der Waals surface area contributed by atoms with Crippen molar-refractivity contribution >= 4 is 0 Å². The van der Waals surface area contributed by atoms with Crippen LogP contribution < -0.4 is 5.32 Å². The van der Waals surface area contributed by atoms with Crippen LogP contribution in [-0.4, -0.2) is 37.6 Å². The minimum Gasteiger partial charge on any atom is -0.316 e. The predicted molar refractivity (Wildman–Crippen MR) is 63.7 cm³/mol. The number of piperidine rings is 2. The molecule has 1 spiro atoms. The fourth-order valence-electron chi connectivity index (χ4n) is 3.01. The lowest BCUT2D eigenvalue weighted by atomic mass is 9.74. The zero-order valence-electron chi connectivity index (χ0n) is 9.81. The van der Waals surface area contributed by atoms with E-state index in [0.29, 0.717) is 5.41 Å². The number of nitrogens with one attached hydrogen (secondary N) is 1. The van der Waals surface area contributed by atoms with Crippen LogP contribution >= 0.6 is 0 Å². The highest BCUT2D eigenvalue weighted by Crippen LogP contribution is 2.35. The summed E-state index contributed by atoms with van der Waals surface area (Å²) >= 11 is 0. The Hall–Kier alpha value is -0.520. The molecule has 0 bridgehead atoms. The molecule has 0 aromatic carbocycles. The second kappa shape index (κ2) is 5.01. The molecule has 0 saturated carbocycles. The fraction of sp³-hybridized carbons (Fsp3) is 0.846. The molecule has 1 atom stereocenters. The minimum atomic E-state index is 0.575. The summed E-state index contributed by atoms with van der Waals surface area (Å²) in [5.41, 5.74) is 0.575. The Labute approximate surface area is 93.4 Å². The normalized spacial score (nSPS) is 32.3. The number of likely N-dealkylation sites (tertiary alicyclic amines) is 1. The van der Waals surface area contributed by atoms with Gasteiger partial charge in [-0.15, -0.1) is 5.92 Å². The van der Waals surface area contributed by atoms with Crippen LogP contribution in [-0.2, 0) is 0 Å². The molecule has 0 aromatic heterocycles. The molecule has 1 N–H and O–H groups in total. The number of hydrogen-bond donors (Lipinski definition) is 1. The van der Waals surface area contributed by atoms with Gasteiger partial charge in [-0.05, 0) is 51.1 Å². The first-order valence-electron chi connectivity index (χ1n) is 6.17. The molecule has 2 fully saturated rings. The zero-order valence-corrected chi connectivity index (χ0v) is 9.81. The highest BCUT2D eigenvalue weighted by molar-refractivity contribution is 5.00. The van der Waals surface area contributed by atoms with E-state index in [9.17, 15) is 0 Å². The van der Waals surface area contributed by atoms with Gasteiger partial charge in [0.1, 0.15) is 0 Å². The fourth-order valence-corrected chi connectivity index (χ4v) is 3.01. The minimum absolute atomic E-state index is 0.575. The molecule has 2 rings (SSSR count). The van der Waals surface area contributed by atoms with Gasteiger partial charge < -0.3 is 5.32 Å². The van der Waals surface area contributed by atoms with E-state index in [1.165, 1.54) is 51.9 Å². The van der Waals surface area contributed by atoms with Crippen molar-refractivity contribution in [2.45, 2.75) is 32.6 Å². The van der Waals surface area contributed by atoms with E-state index in [1.54, 1.807) is 0 Å². The Bertz CT molecular complexity index is 250. The summed E-state index contributed by atoms with van der Waals surface area (Å²) in [7, 11) is 0. The molecule has 2 heteroatoms.